The molecule has 122 valence electrons. The number of ether oxygens (including phenoxy) is 3. The highest BCUT2D eigenvalue weighted by molar-refractivity contribution is 5.81. The zero-order chi connectivity index (χ0) is 15.5. The van der Waals surface area contributed by atoms with Crippen molar-refractivity contribution in [3.63, 3.8) is 0 Å². The molecule has 1 heterocycles. The second-order valence-corrected chi connectivity index (χ2v) is 6.00. The lowest BCUT2D eigenvalue weighted by Gasteiger charge is -2.29. The van der Waals surface area contributed by atoms with Crippen LogP contribution in [-0.2, 0) is 19.0 Å². The fourth-order valence-electron chi connectivity index (χ4n) is 3.81. The third kappa shape index (κ3) is 3.23. The molecule has 0 bridgehead atoms. The van der Waals surface area contributed by atoms with Gasteiger partial charge in [-0.2, -0.15) is 0 Å². The lowest BCUT2D eigenvalue weighted by molar-refractivity contribution is -0.148. The van der Waals surface area contributed by atoms with E-state index < -0.39 is 5.54 Å². The molecule has 1 aliphatic heterocycles. The van der Waals surface area contributed by atoms with Gasteiger partial charge >= 0.3 is 5.97 Å². The number of nitrogens with zero attached hydrogens (tertiary/aromatic N) is 1. The average molecular weight is 300 g/mol. The number of nitrogens with one attached hydrogen (secondary N) is 1. The molecule has 21 heavy (non-hydrogen) atoms. The first-order chi connectivity index (χ1) is 10.1. The van der Waals surface area contributed by atoms with Crippen molar-refractivity contribution in [2.45, 2.75) is 50.0 Å². The molecule has 0 aromatic carbocycles. The largest absolute Gasteiger partial charge is 0.468 e. The molecule has 2 aliphatic rings. The van der Waals surface area contributed by atoms with Gasteiger partial charge in [0.2, 0.25) is 0 Å². The molecule has 0 amide bonds. The molecule has 0 spiro atoms. The highest BCUT2D eigenvalue weighted by atomic mass is 16.5. The van der Waals surface area contributed by atoms with E-state index in [0.717, 1.165) is 38.9 Å². The molecule has 0 aromatic heterocycles. The van der Waals surface area contributed by atoms with Crippen LogP contribution in [-0.4, -0.2) is 75.6 Å². The van der Waals surface area contributed by atoms with E-state index in [1.165, 1.54) is 7.11 Å². The number of hydrogen-bond acceptors (Lipinski definition) is 6. The van der Waals surface area contributed by atoms with Crippen LogP contribution in [0.4, 0.5) is 0 Å². The molecule has 0 radical (unpaired) electrons. The summed E-state index contributed by atoms with van der Waals surface area (Å²) in [4.78, 5) is 14.6. The zero-order valence-electron chi connectivity index (χ0n) is 13.6. The van der Waals surface area contributed by atoms with Crippen molar-refractivity contribution in [3.05, 3.63) is 0 Å². The van der Waals surface area contributed by atoms with Crippen LogP contribution in [0.25, 0.3) is 0 Å². The third-order valence-electron chi connectivity index (χ3n) is 4.95. The van der Waals surface area contributed by atoms with Crippen LogP contribution in [0.1, 0.15) is 26.2 Å². The molecule has 4 unspecified atom stereocenters. The minimum absolute atomic E-state index is 0.113. The Kier molecular flexibility index (Phi) is 5.60. The maximum Gasteiger partial charge on any atom is 0.326 e. The molecule has 6 nitrogen and oxygen atoms in total. The topological polar surface area (TPSA) is 60.0 Å². The van der Waals surface area contributed by atoms with Crippen LogP contribution in [0, 0.1) is 0 Å². The number of likely N-dealkylation sites (N-methyl/N-ethyl adjacent to an activating group) is 1. The van der Waals surface area contributed by atoms with Gasteiger partial charge in [0.25, 0.3) is 0 Å². The maximum atomic E-state index is 12.2. The predicted molar refractivity (Wildman–Crippen MR) is 79.2 cm³/mol. The molecule has 6 heteroatoms. The molecule has 1 saturated carbocycles. The Balaban J connectivity index is 2.02. The summed E-state index contributed by atoms with van der Waals surface area (Å²) in [6, 6.07) is 0.376. The first-order valence-electron chi connectivity index (χ1n) is 7.73. The summed E-state index contributed by atoms with van der Waals surface area (Å²) in [6.45, 7) is 4.52. The van der Waals surface area contributed by atoms with Gasteiger partial charge in [-0.05, 0) is 25.8 Å². The molecule has 2 fully saturated rings. The first kappa shape index (κ1) is 16.7. The monoisotopic (exact) mass is 300 g/mol. The van der Waals surface area contributed by atoms with E-state index in [4.69, 9.17) is 14.2 Å². The summed E-state index contributed by atoms with van der Waals surface area (Å²) in [5.74, 6) is -0.141. The van der Waals surface area contributed by atoms with Crippen molar-refractivity contribution < 1.29 is 19.0 Å². The quantitative estimate of drug-likeness (QED) is 0.717. The van der Waals surface area contributed by atoms with E-state index >= 15 is 0 Å². The smallest absolute Gasteiger partial charge is 0.326 e. The van der Waals surface area contributed by atoms with Gasteiger partial charge < -0.3 is 19.5 Å². The predicted octanol–water partition coefficient (Wildman–Crippen LogP) is 0.406. The Morgan fingerprint density at radius 2 is 1.86 bits per heavy atom. The normalized spacial score (nSPS) is 37.0. The Hall–Kier alpha value is -0.690. The Bertz CT molecular complexity index is 354. The Morgan fingerprint density at radius 3 is 2.33 bits per heavy atom. The minimum atomic E-state index is -0.526. The number of esters is 1. The van der Waals surface area contributed by atoms with E-state index in [0.29, 0.717) is 6.04 Å². The highest BCUT2D eigenvalue weighted by Crippen LogP contribution is 2.36. The molecular weight excluding hydrogens is 272 g/mol. The standard InChI is InChI=1S/C15H28N2O4/c1-5-16-15(14(18)21-4)7-6-11(8-15)17-9-12(19-2)13(10-17)20-3/h11-13,16H,5-10H2,1-4H3. The number of methoxy groups -OCH3 is 3. The zero-order valence-corrected chi connectivity index (χ0v) is 13.6. The molecular formula is C15H28N2O4. The van der Waals surface area contributed by atoms with Crippen LogP contribution in [0.2, 0.25) is 0 Å². The number of carbonyl (C=O) groups excluding carboxylic acids is 1. The molecule has 1 N–H and O–H groups in total. The molecule has 0 aromatic rings. The van der Waals surface area contributed by atoms with E-state index in [1.54, 1.807) is 14.2 Å². The van der Waals surface area contributed by atoms with Crippen molar-refractivity contribution in [2.75, 3.05) is 41.0 Å². The number of carbonyl (C=O) groups is 1. The van der Waals surface area contributed by atoms with Gasteiger partial charge in [-0.1, -0.05) is 6.92 Å². The van der Waals surface area contributed by atoms with Crippen molar-refractivity contribution in [2.24, 2.45) is 0 Å². The number of hydrogen-bond donors (Lipinski definition) is 1. The highest BCUT2D eigenvalue weighted by Gasteiger charge is 2.49. The Labute approximate surface area is 127 Å². The lowest BCUT2D eigenvalue weighted by Crippen LogP contribution is -2.51. The minimum Gasteiger partial charge on any atom is -0.468 e. The van der Waals surface area contributed by atoms with Gasteiger partial charge in [0, 0.05) is 33.4 Å². The van der Waals surface area contributed by atoms with Crippen LogP contribution in [0.5, 0.6) is 0 Å². The second kappa shape index (κ2) is 7.05. The van der Waals surface area contributed by atoms with Gasteiger partial charge in [-0.25, -0.2) is 0 Å². The van der Waals surface area contributed by atoms with E-state index in [-0.39, 0.29) is 18.2 Å². The molecule has 2 rings (SSSR count). The average Bonchev–Trinajstić information content (AvgIpc) is 3.11. The van der Waals surface area contributed by atoms with E-state index in [1.807, 2.05) is 6.92 Å². The third-order valence-corrected chi connectivity index (χ3v) is 4.95. The number of rotatable bonds is 6. The van der Waals surface area contributed by atoms with Gasteiger partial charge in [0.15, 0.2) is 0 Å². The SMILES string of the molecule is CCNC1(C(=O)OC)CCC(N2CC(OC)C(OC)C2)C1. The van der Waals surface area contributed by atoms with Crippen molar-refractivity contribution in [1.29, 1.82) is 0 Å². The summed E-state index contributed by atoms with van der Waals surface area (Å²) in [5, 5.41) is 3.35. The van der Waals surface area contributed by atoms with Crippen LogP contribution < -0.4 is 5.32 Å². The van der Waals surface area contributed by atoms with E-state index in [9.17, 15) is 4.79 Å². The van der Waals surface area contributed by atoms with Gasteiger partial charge in [0.1, 0.15) is 5.54 Å². The molecule has 4 atom stereocenters. The summed E-state index contributed by atoms with van der Waals surface area (Å²) in [6.07, 6.45) is 2.84. The van der Waals surface area contributed by atoms with Crippen molar-refractivity contribution in [1.82, 2.24) is 10.2 Å². The molecule has 1 aliphatic carbocycles. The Morgan fingerprint density at radius 1 is 1.24 bits per heavy atom. The number of likely N-dealkylation sites (tertiary alicyclic amines) is 1. The maximum absolute atomic E-state index is 12.2. The summed E-state index contributed by atoms with van der Waals surface area (Å²) >= 11 is 0. The van der Waals surface area contributed by atoms with Crippen molar-refractivity contribution >= 4 is 5.97 Å². The van der Waals surface area contributed by atoms with E-state index in [2.05, 4.69) is 10.2 Å². The van der Waals surface area contributed by atoms with Crippen molar-refractivity contribution in [3.8, 4) is 0 Å². The molecule has 1 saturated heterocycles. The summed E-state index contributed by atoms with van der Waals surface area (Å²) in [7, 11) is 4.92. The van der Waals surface area contributed by atoms with Gasteiger partial charge in [-0.3, -0.25) is 9.69 Å². The fraction of sp³-hybridized carbons (Fsp3) is 0.933. The second-order valence-electron chi connectivity index (χ2n) is 6.00. The van der Waals surface area contributed by atoms with Gasteiger partial charge in [0.05, 0.1) is 19.3 Å². The lowest BCUT2D eigenvalue weighted by atomic mass is 9.97. The van der Waals surface area contributed by atoms with Crippen LogP contribution in [0.15, 0.2) is 0 Å². The van der Waals surface area contributed by atoms with Gasteiger partial charge in [-0.15, -0.1) is 0 Å². The van der Waals surface area contributed by atoms with Crippen LogP contribution >= 0.6 is 0 Å². The summed E-state index contributed by atoms with van der Waals surface area (Å²) in [5.41, 5.74) is -0.526. The first-order valence-corrected chi connectivity index (χ1v) is 7.73. The fourth-order valence-corrected chi connectivity index (χ4v) is 3.81. The van der Waals surface area contributed by atoms with Crippen LogP contribution in [0.3, 0.4) is 0 Å². The summed E-state index contributed by atoms with van der Waals surface area (Å²) < 4.78 is 16.0.